The number of hydrogen-bond donors (Lipinski definition) is 0. The van der Waals surface area contributed by atoms with Crippen LogP contribution in [0.5, 0.6) is 0 Å². The standard InChI is InChI=1S/C18H12BrF2N5/c19-11-4-1-5-13-10(11)3-2-8-25(13)17-15-14(7-6-12(20)16(15)21)26-9-22-24-18(26)23-17/h1,4-7,9H,2-3,8H2. The lowest BCUT2D eigenvalue weighted by Gasteiger charge is -2.31. The fourth-order valence-electron chi connectivity index (χ4n) is 3.58. The van der Waals surface area contributed by atoms with Gasteiger partial charge in [0.05, 0.1) is 10.9 Å². The Morgan fingerprint density at radius 3 is 2.88 bits per heavy atom. The van der Waals surface area contributed by atoms with Gasteiger partial charge in [0.2, 0.25) is 0 Å². The smallest absolute Gasteiger partial charge is 0.257 e. The molecule has 130 valence electrons. The van der Waals surface area contributed by atoms with Crippen LogP contribution in [-0.2, 0) is 6.42 Å². The normalized spacial score (nSPS) is 14.2. The molecule has 0 radical (unpaired) electrons. The molecule has 0 spiro atoms. The van der Waals surface area contributed by atoms with Gasteiger partial charge in [0.25, 0.3) is 5.78 Å². The molecule has 0 fully saturated rings. The summed E-state index contributed by atoms with van der Waals surface area (Å²) in [6, 6.07) is 8.52. The maximum absolute atomic E-state index is 14.8. The van der Waals surface area contributed by atoms with Gasteiger partial charge in [0.15, 0.2) is 11.6 Å². The van der Waals surface area contributed by atoms with Crippen LogP contribution in [0.4, 0.5) is 20.3 Å². The van der Waals surface area contributed by atoms with Gasteiger partial charge in [-0.3, -0.25) is 4.40 Å². The average Bonchev–Trinajstić information content (AvgIpc) is 3.12. The Morgan fingerprint density at radius 1 is 1.12 bits per heavy atom. The van der Waals surface area contributed by atoms with E-state index in [1.165, 1.54) is 12.4 Å². The summed E-state index contributed by atoms with van der Waals surface area (Å²) >= 11 is 3.58. The van der Waals surface area contributed by atoms with Gasteiger partial charge in [-0.05, 0) is 42.7 Å². The number of hydrogen-bond acceptors (Lipinski definition) is 4. The Kier molecular flexibility index (Phi) is 3.43. The van der Waals surface area contributed by atoms with Gasteiger partial charge in [-0.2, -0.15) is 4.98 Å². The molecule has 0 saturated carbocycles. The summed E-state index contributed by atoms with van der Waals surface area (Å²) in [7, 11) is 0. The van der Waals surface area contributed by atoms with Crippen molar-refractivity contribution in [1.29, 1.82) is 0 Å². The van der Waals surface area contributed by atoms with Crippen LogP contribution in [0.25, 0.3) is 16.7 Å². The second-order valence-electron chi connectivity index (χ2n) is 6.18. The van der Waals surface area contributed by atoms with Crippen LogP contribution in [0, 0.1) is 11.6 Å². The lowest BCUT2D eigenvalue weighted by Crippen LogP contribution is -2.26. The molecule has 2 aromatic heterocycles. The van der Waals surface area contributed by atoms with E-state index in [0.29, 0.717) is 23.7 Å². The first-order valence-corrected chi connectivity index (χ1v) is 8.97. The van der Waals surface area contributed by atoms with Gasteiger partial charge < -0.3 is 4.90 Å². The summed E-state index contributed by atoms with van der Waals surface area (Å²) in [5, 5.41) is 7.99. The summed E-state index contributed by atoms with van der Waals surface area (Å²) in [6.07, 6.45) is 3.25. The molecule has 5 nitrogen and oxygen atoms in total. The Bertz CT molecular complexity index is 1170. The number of benzene rings is 2. The van der Waals surface area contributed by atoms with E-state index in [0.717, 1.165) is 34.6 Å². The molecule has 0 bridgehead atoms. The summed E-state index contributed by atoms with van der Waals surface area (Å²) in [5.74, 6) is -1.11. The van der Waals surface area contributed by atoms with Crippen LogP contribution in [0.1, 0.15) is 12.0 Å². The molecular formula is C18H12BrF2N5. The summed E-state index contributed by atoms with van der Waals surface area (Å²) in [4.78, 5) is 6.44. The third-order valence-electron chi connectivity index (χ3n) is 4.74. The van der Waals surface area contributed by atoms with Crippen molar-refractivity contribution in [2.75, 3.05) is 11.4 Å². The molecule has 0 unspecified atom stereocenters. The van der Waals surface area contributed by atoms with Crippen LogP contribution in [0.15, 0.2) is 41.1 Å². The average molecular weight is 416 g/mol. The van der Waals surface area contributed by atoms with Crippen molar-refractivity contribution >= 4 is 44.1 Å². The van der Waals surface area contributed by atoms with Crippen LogP contribution >= 0.6 is 15.9 Å². The van der Waals surface area contributed by atoms with Gasteiger partial charge in [-0.25, -0.2) is 8.78 Å². The summed E-state index contributed by atoms with van der Waals surface area (Å²) < 4.78 is 31.4. The molecule has 0 atom stereocenters. The maximum atomic E-state index is 14.8. The highest BCUT2D eigenvalue weighted by molar-refractivity contribution is 9.10. The van der Waals surface area contributed by atoms with Crippen LogP contribution in [-0.4, -0.2) is 26.1 Å². The van der Waals surface area contributed by atoms with Crippen molar-refractivity contribution in [2.24, 2.45) is 0 Å². The molecule has 4 aromatic rings. The van der Waals surface area contributed by atoms with Gasteiger partial charge in [0, 0.05) is 16.7 Å². The largest absolute Gasteiger partial charge is 0.325 e. The van der Waals surface area contributed by atoms with Crippen molar-refractivity contribution in [3.8, 4) is 0 Å². The second kappa shape index (κ2) is 5.70. The number of halogens is 3. The quantitative estimate of drug-likeness (QED) is 0.462. The highest BCUT2D eigenvalue weighted by Gasteiger charge is 2.26. The van der Waals surface area contributed by atoms with E-state index in [1.54, 1.807) is 4.40 Å². The zero-order valence-electron chi connectivity index (χ0n) is 13.5. The number of aromatic nitrogens is 4. The molecule has 3 heterocycles. The van der Waals surface area contributed by atoms with Gasteiger partial charge in [-0.15, -0.1) is 10.2 Å². The van der Waals surface area contributed by atoms with Crippen molar-refractivity contribution in [3.63, 3.8) is 0 Å². The predicted molar refractivity (Wildman–Crippen MR) is 97.7 cm³/mol. The monoisotopic (exact) mass is 415 g/mol. The molecule has 2 aromatic carbocycles. The summed E-state index contributed by atoms with van der Waals surface area (Å²) in [5.41, 5.74) is 2.55. The Balaban J connectivity index is 1.88. The number of nitrogens with zero attached hydrogens (tertiary/aromatic N) is 5. The fourth-order valence-corrected chi connectivity index (χ4v) is 4.13. The van der Waals surface area contributed by atoms with Crippen LogP contribution in [0.3, 0.4) is 0 Å². The van der Waals surface area contributed by atoms with Crippen molar-refractivity contribution in [3.05, 3.63) is 58.3 Å². The molecular weight excluding hydrogens is 404 g/mol. The Morgan fingerprint density at radius 2 is 2.00 bits per heavy atom. The molecule has 0 amide bonds. The van der Waals surface area contributed by atoms with Crippen molar-refractivity contribution < 1.29 is 8.78 Å². The van der Waals surface area contributed by atoms with Crippen molar-refractivity contribution in [2.45, 2.75) is 12.8 Å². The Labute approximate surface area is 155 Å². The van der Waals surface area contributed by atoms with E-state index in [4.69, 9.17) is 0 Å². The third-order valence-corrected chi connectivity index (χ3v) is 5.48. The van der Waals surface area contributed by atoms with Crippen LogP contribution in [0.2, 0.25) is 0 Å². The highest BCUT2D eigenvalue weighted by atomic mass is 79.9. The minimum atomic E-state index is -0.914. The fraction of sp³-hybridized carbons (Fsp3) is 0.167. The highest BCUT2D eigenvalue weighted by Crippen LogP contribution is 2.40. The van der Waals surface area contributed by atoms with E-state index >= 15 is 0 Å². The molecule has 26 heavy (non-hydrogen) atoms. The molecule has 0 N–H and O–H groups in total. The van der Waals surface area contributed by atoms with E-state index in [1.807, 2.05) is 23.1 Å². The molecule has 0 aliphatic carbocycles. The number of rotatable bonds is 1. The predicted octanol–water partition coefficient (Wildman–Crippen LogP) is 4.40. The first-order chi connectivity index (χ1) is 12.6. The maximum Gasteiger partial charge on any atom is 0.257 e. The summed E-state index contributed by atoms with van der Waals surface area (Å²) in [6.45, 7) is 0.659. The topological polar surface area (TPSA) is 46.3 Å². The lowest BCUT2D eigenvalue weighted by atomic mass is 10.0. The van der Waals surface area contributed by atoms with E-state index in [-0.39, 0.29) is 5.39 Å². The molecule has 5 rings (SSSR count). The van der Waals surface area contributed by atoms with Crippen molar-refractivity contribution in [1.82, 2.24) is 19.6 Å². The molecule has 0 saturated heterocycles. The van der Waals surface area contributed by atoms with E-state index in [2.05, 4.69) is 31.1 Å². The minimum Gasteiger partial charge on any atom is -0.325 e. The molecule has 1 aliphatic rings. The third kappa shape index (κ3) is 2.14. The van der Waals surface area contributed by atoms with Crippen LogP contribution < -0.4 is 4.90 Å². The Hall–Kier alpha value is -2.61. The number of anilines is 2. The van der Waals surface area contributed by atoms with E-state index in [9.17, 15) is 8.78 Å². The zero-order chi connectivity index (χ0) is 17.8. The van der Waals surface area contributed by atoms with Gasteiger partial charge in [0.1, 0.15) is 12.1 Å². The minimum absolute atomic E-state index is 0.130. The first-order valence-electron chi connectivity index (χ1n) is 8.17. The lowest BCUT2D eigenvalue weighted by molar-refractivity contribution is 0.516. The SMILES string of the molecule is Fc1ccc2c(c(N3CCCc4c(Br)cccc43)nc3nncn32)c1F. The van der Waals surface area contributed by atoms with E-state index < -0.39 is 11.6 Å². The molecule has 1 aliphatic heterocycles. The van der Waals surface area contributed by atoms with Gasteiger partial charge >= 0.3 is 0 Å². The van der Waals surface area contributed by atoms with Gasteiger partial charge in [-0.1, -0.05) is 22.0 Å². The number of fused-ring (bicyclic) bond motifs is 4. The first kappa shape index (κ1) is 15.6. The molecule has 8 heteroatoms. The zero-order valence-corrected chi connectivity index (χ0v) is 15.0. The second-order valence-corrected chi connectivity index (χ2v) is 7.04.